The van der Waals surface area contributed by atoms with Crippen LogP contribution in [0.5, 0.6) is 0 Å². The molecule has 2 aromatic rings. The molecule has 0 bridgehead atoms. The van der Waals surface area contributed by atoms with Crippen LogP contribution in [0.1, 0.15) is 30.0 Å². The van der Waals surface area contributed by atoms with Crippen molar-refractivity contribution in [3.63, 3.8) is 0 Å². The van der Waals surface area contributed by atoms with E-state index in [2.05, 4.69) is 6.07 Å². The van der Waals surface area contributed by atoms with E-state index >= 15 is 0 Å². The Labute approximate surface area is 150 Å². The summed E-state index contributed by atoms with van der Waals surface area (Å²) in [4.78, 5) is 27.8. The fourth-order valence-corrected chi connectivity index (χ4v) is 2.92. The van der Waals surface area contributed by atoms with Crippen molar-refractivity contribution in [2.45, 2.75) is 33.7 Å². The van der Waals surface area contributed by atoms with Gasteiger partial charge in [0.15, 0.2) is 0 Å². The average Bonchev–Trinajstić information content (AvgIpc) is 2.54. The predicted molar refractivity (Wildman–Crippen MR) is 101 cm³/mol. The first-order chi connectivity index (χ1) is 11.9. The maximum Gasteiger partial charge on any atom is 0.224 e. The Morgan fingerprint density at radius 2 is 1.56 bits per heavy atom. The van der Waals surface area contributed by atoms with Gasteiger partial charge in [0.05, 0.1) is 0 Å². The van der Waals surface area contributed by atoms with Gasteiger partial charge in [-0.2, -0.15) is 0 Å². The van der Waals surface area contributed by atoms with Gasteiger partial charge in [0.25, 0.3) is 0 Å². The van der Waals surface area contributed by atoms with E-state index in [-0.39, 0.29) is 11.8 Å². The standard InChI is InChI=1S/C21H26N2O2/c1-16-12-17(2)14-20(13-16)23(18(3)24)11-10-21(25)22(4)15-19-8-6-5-7-9-19/h5-9,12-14H,10-11,15H2,1-4H3. The minimum Gasteiger partial charge on any atom is -0.341 e. The number of carbonyl (C=O) groups is 2. The molecule has 4 nitrogen and oxygen atoms in total. The monoisotopic (exact) mass is 338 g/mol. The molecule has 0 atom stereocenters. The average molecular weight is 338 g/mol. The molecule has 132 valence electrons. The van der Waals surface area contributed by atoms with Gasteiger partial charge in [-0.05, 0) is 42.7 Å². The third-order valence-corrected chi connectivity index (χ3v) is 4.14. The number of amides is 2. The van der Waals surface area contributed by atoms with E-state index in [0.717, 1.165) is 22.4 Å². The van der Waals surface area contributed by atoms with E-state index in [9.17, 15) is 9.59 Å². The number of carbonyl (C=O) groups excluding carboxylic acids is 2. The Kier molecular flexibility index (Phi) is 6.34. The SMILES string of the molecule is CC(=O)N(CCC(=O)N(C)Cc1ccccc1)c1cc(C)cc(C)c1. The van der Waals surface area contributed by atoms with Crippen LogP contribution >= 0.6 is 0 Å². The highest BCUT2D eigenvalue weighted by Gasteiger charge is 2.16. The fraction of sp³-hybridized carbons (Fsp3) is 0.333. The van der Waals surface area contributed by atoms with E-state index in [4.69, 9.17) is 0 Å². The Morgan fingerprint density at radius 3 is 2.12 bits per heavy atom. The minimum atomic E-state index is -0.0523. The summed E-state index contributed by atoms with van der Waals surface area (Å²) in [6, 6.07) is 15.9. The smallest absolute Gasteiger partial charge is 0.224 e. The molecule has 0 unspecified atom stereocenters. The molecule has 0 aliphatic carbocycles. The molecule has 0 fully saturated rings. The van der Waals surface area contributed by atoms with Gasteiger partial charge in [-0.1, -0.05) is 36.4 Å². The van der Waals surface area contributed by atoms with Crippen molar-refractivity contribution in [3.8, 4) is 0 Å². The minimum absolute atomic E-state index is 0.0273. The van der Waals surface area contributed by atoms with Crippen molar-refractivity contribution in [2.24, 2.45) is 0 Å². The van der Waals surface area contributed by atoms with Crippen LogP contribution in [0.15, 0.2) is 48.5 Å². The van der Waals surface area contributed by atoms with Crippen LogP contribution in [-0.2, 0) is 16.1 Å². The van der Waals surface area contributed by atoms with Crippen molar-refractivity contribution in [2.75, 3.05) is 18.5 Å². The first-order valence-electron chi connectivity index (χ1n) is 8.51. The summed E-state index contributed by atoms with van der Waals surface area (Å²) in [5.74, 6) is -0.0250. The molecule has 2 amide bonds. The van der Waals surface area contributed by atoms with Gasteiger partial charge in [-0.3, -0.25) is 9.59 Å². The van der Waals surface area contributed by atoms with Crippen molar-refractivity contribution in [3.05, 3.63) is 65.2 Å². The topological polar surface area (TPSA) is 40.6 Å². The molecule has 0 aliphatic heterocycles. The van der Waals surface area contributed by atoms with Gasteiger partial charge < -0.3 is 9.80 Å². The van der Waals surface area contributed by atoms with Gasteiger partial charge in [0.2, 0.25) is 11.8 Å². The Balaban J connectivity index is 2.00. The largest absolute Gasteiger partial charge is 0.341 e. The van der Waals surface area contributed by atoms with E-state index in [1.807, 2.05) is 56.3 Å². The lowest BCUT2D eigenvalue weighted by molar-refractivity contribution is -0.130. The van der Waals surface area contributed by atoms with Crippen LogP contribution in [0, 0.1) is 13.8 Å². The maximum atomic E-state index is 12.4. The van der Waals surface area contributed by atoms with E-state index in [1.165, 1.54) is 6.92 Å². The first kappa shape index (κ1) is 18.7. The van der Waals surface area contributed by atoms with Crippen molar-refractivity contribution in [1.82, 2.24) is 4.90 Å². The molecule has 2 rings (SSSR count). The lowest BCUT2D eigenvalue weighted by atomic mass is 10.1. The van der Waals surface area contributed by atoms with Crippen LogP contribution in [0.2, 0.25) is 0 Å². The summed E-state index contributed by atoms with van der Waals surface area (Å²) in [6.07, 6.45) is 0.301. The number of nitrogens with zero attached hydrogens (tertiary/aromatic N) is 2. The molecule has 0 heterocycles. The van der Waals surface area contributed by atoms with Crippen LogP contribution in [-0.4, -0.2) is 30.3 Å². The molecular formula is C21H26N2O2. The van der Waals surface area contributed by atoms with E-state index in [0.29, 0.717) is 19.5 Å². The number of hydrogen-bond donors (Lipinski definition) is 0. The molecule has 0 aliphatic rings. The van der Waals surface area contributed by atoms with Gasteiger partial charge in [-0.25, -0.2) is 0 Å². The normalized spacial score (nSPS) is 10.4. The molecule has 4 heteroatoms. The van der Waals surface area contributed by atoms with Gasteiger partial charge in [0.1, 0.15) is 0 Å². The third-order valence-electron chi connectivity index (χ3n) is 4.14. The highest BCUT2D eigenvalue weighted by atomic mass is 16.2. The molecule has 0 radical (unpaired) electrons. The molecule has 0 spiro atoms. The van der Waals surface area contributed by atoms with Crippen LogP contribution in [0.4, 0.5) is 5.69 Å². The molecule has 2 aromatic carbocycles. The molecule has 0 saturated carbocycles. The summed E-state index contributed by atoms with van der Waals surface area (Å²) >= 11 is 0. The summed E-state index contributed by atoms with van der Waals surface area (Å²) < 4.78 is 0. The maximum absolute atomic E-state index is 12.4. The molecule has 0 N–H and O–H groups in total. The second kappa shape index (κ2) is 8.47. The Hall–Kier alpha value is -2.62. The van der Waals surface area contributed by atoms with E-state index < -0.39 is 0 Å². The predicted octanol–water partition coefficient (Wildman–Crippen LogP) is 3.71. The van der Waals surface area contributed by atoms with E-state index in [1.54, 1.807) is 16.8 Å². The fourth-order valence-electron chi connectivity index (χ4n) is 2.92. The van der Waals surface area contributed by atoms with Gasteiger partial charge in [0, 0.05) is 39.2 Å². The quantitative estimate of drug-likeness (QED) is 0.806. The lowest BCUT2D eigenvalue weighted by Gasteiger charge is -2.24. The summed E-state index contributed by atoms with van der Waals surface area (Å²) in [5.41, 5.74) is 4.15. The second-order valence-corrected chi connectivity index (χ2v) is 6.50. The highest BCUT2D eigenvalue weighted by molar-refractivity contribution is 5.92. The Bertz CT molecular complexity index is 721. The number of anilines is 1. The molecule has 0 saturated heterocycles. The zero-order chi connectivity index (χ0) is 18.4. The van der Waals surface area contributed by atoms with Crippen LogP contribution in [0.3, 0.4) is 0 Å². The number of aryl methyl sites for hydroxylation is 2. The summed E-state index contributed by atoms with van der Waals surface area (Å²) in [6.45, 7) is 6.51. The zero-order valence-corrected chi connectivity index (χ0v) is 15.5. The summed E-state index contributed by atoms with van der Waals surface area (Å²) in [5, 5.41) is 0. The van der Waals surface area contributed by atoms with Crippen LogP contribution < -0.4 is 4.90 Å². The Morgan fingerprint density at radius 1 is 0.960 bits per heavy atom. The van der Waals surface area contributed by atoms with Crippen molar-refractivity contribution < 1.29 is 9.59 Å². The van der Waals surface area contributed by atoms with Crippen molar-refractivity contribution in [1.29, 1.82) is 0 Å². The summed E-state index contributed by atoms with van der Waals surface area (Å²) in [7, 11) is 1.80. The zero-order valence-electron chi connectivity index (χ0n) is 15.5. The lowest BCUT2D eigenvalue weighted by Crippen LogP contribution is -2.34. The second-order valence-electron chi connectivity index (χ2n) is 6.50. The van der Waals surface area contributed by atoms with Gasteiger partial charge >= 0.3 is 0 Å². The number of benzene rings is 2. The highest BCUT2D eigenvalue weighted by Crippen LogP contribution is 2.19. The number of hydrogen-bond acceptors (Lipinski definition) is 2. The molecule has 0 aromatic heterocycles. The molecular weight excluding hydrogens is 312 g/mol. The first-order valence-corrected chi connectivity index (χ1v) is 8.51. The van der Waals surface area contributed by atoms with Crippen molar-refractivity contribution >= 4 is 17.5 Å². The van der Waals surface area contributed by atoms with Crippen LogP contribution in [0.25, 0.3) is 0 Å². The molecule has 25 heavy (non-hydrogen) atoms. The third kappa shape index (κ3) is 5.45. The number of rotatable bonds is 6. The van der Waals surface area contributed by atoms with Gasteiger partial charge in [-0.15, -0.1) is 0 Å².